The zero-order valence-electron chi connectivity index (χ0n) is 16.2. The predicted molar refractivity (Wildman–Crippen MR) is 109 cm³/mol. The van der Waals surface area contributed by atoms with Crippen LogP contribution in [0.15, 0.2) is 69.4 Å². The predicted octanol–water partition coefficient (Wildman–Crippen LogP) is 4.44. The van der Waals surface area contributed by atoms with Crippen LogP contribution in [0.5, 0.6) is 11.5 Å². The van der Waals surface area contributed by atoms with Crippen molar-refractivity contribution in [1.82, 2.24) is 0 Å². The summed E-state index contributed by atoms with van der Waals surface area (Å²) in [6, 6.07) is 14.0. The van der Waals surface area contributed by atoms with Crippen LogP contribution in [0, 0.1) is 0 Å². The molecule has 0 saturated carbocycles. The molecule has 6 heteroatoms. The number of allylic oxidation sites excluding steroid dienone is 1. The van der Waals surface area contributed by atoms with Gasteiger partial charge in [0.05, 0.1) is 12.8 Å². The second-order valence-electron chi connectivity index (χ2n) is 6.48. The number of methoxy groups -OCH3 is 1. The van der Waals surface area contributed by atoms with Gasteiger partial charge in [-0.15, -0.1) is 0 Å². The summed E-state index contributed by atoms with van der Waals surface area (Å²) in [5.74, 6) is 0.246. The van der Waals surface area contributed by atoms with Crippen LogP contribution >= 0.6 is 0 Å². The highest BCUT2D eigenvalue weighted by molar-refractivity contribution is 5.92. The maximum atomic E-state index is 12.0. The number of carbonyl (C=O) groups excluding carboxylic acids is 1. The molecule has 0 spiro atoms. The summed E-state index contributed by atoms with van der Waals surface area (Å²) in [6.45, 7) is 3.63. The highest BCUT2D eigenvalue weighted by Gasteiger charge is 2.15. The van der Waals surface area contributed by atoms with Crippen molar-refractivity contribution in [2.45, 2.75) is 13.8 Å². The quantitative estimate of drug-likeness (QED) is 0.282. The Morgan fingerprint density at radius 3 is 2.54 bits per heavy atom. The summed E-state index contributed by atoms with van der Waals surface area (Å²) in [7, 11) is 3.33. The fourth-order valence-electron chi connectivity index (χ4n) is 2.84. The first-order valence-electron chi connectivity index (χ1n) is 8.70. The van der Waals surface area contributed by atoms with Gasteiger partial charge in [-0.2, -0.15) is 0 Å². The number of para-hydroxylation sites is 1. The van der Waals surface area contributed by atoms with Crippen molar-refractivity contribution >= 4 is 28.3 Å². The molecule has 6 nitrogen and oxygen atoms in total. The summed E-state index contributed by atoms with van der Waals surface area (Å²) in [6.07, 6.45) is 1.41. The molecule has 1 aromatic heterocycles. The summed E-state index contributed by atoms with van der Waals surface area (Å²) in [5.41, 5.74) is 2.29. The van der Waals surface area contributed by atoms with Crippen LogP contribution in [0.3, 0.4) is 0 Å². The molecule has 0 saturated heterocycles. The Bertz CT molecular complexity index is 1110. The van der Waals surface area contributed by atoms with Gasteiger partial charge in [0.15, 0.2) is 11.5 Å². The third-order valence-corrected chi connectivity index (χ3v) is 4.14. The van der Waals surface area contributed by atoms with E-state index in [4.69, 9.17) is 13.9 Å². The molecule has 2 aromatic carbocycles. The van der Waals surface area contributed by atoms with E-state index in [1.807, 2.05) is 50.1 Å². The Morgan fingerprint density at radius 2 is 1.82 bits per heavy atom. The highest BCUT2D eigenvalue weighted by atomic mass is 16.6. The summed E-state index contributed by atoms with van der Waals surface area (Å²) < 4.78 is 16.0. The number of carbonyl (C=O) groups is 1. The number of anilines is 2. The monoisotopic (exact) mass is 379 g/mol. The van der Waals surface area contributed by atoms with Crippen LogP contribution in [-0.2, 0) is 4.79 Å². The molecular weight excluding hydrogens is 358 g/mol. The number of esters is 1. The third-order valence-electron chi connectivity index (χ3n) is 4.14. The van der Waals surface area contributed by atoms with Gasteiger partial charge < -0.3 is 18.8 Å². The zero-order chi connectivity index (χ0) is 20.3. The number of rotatable bonds is 5. The summed E-state index contributed by atoms with van der Waals surface area (Å²) in [5, 5.41) is 0.795. The number of fused-ring (bicyclic) bond motifs is 1. The molecule has 0 unspecified atom stereocenters. The standard InChI is InChI=1S/C22H21NO5/c1-14(2)11-21(24)28-20-12-15(9-10-19(20)26-4)23(3)17-13-22(25)27-18-8-6-5-7-16(17)18/h5-13H,1-4H3. The number of nitrogens with zero attached hydrogens (tertiary/aromatic N) is 1. The second-order valence-corrected chi connectivity index (χ2v) is 6.48. The minimum absolute atomic E-state index is 0.293. The van der Waals surface area contributed by atoms with Gasteiger partial charge in [0.1, 0.15) is 5.58 Å². The lowest BCUT2D eigenvalue weighted by Gasteiger charge is -2.22. The van der Waals surface area contributed by atoms with Gasteiger partial charge in [0.2, 0.25) is 0 Å². The van der Waals surface area contributed by atoms with E-state index in [1.165, 1.54) is 19.3 Å². The van der Waals surface area contributed by atoms with E-state index < -0.39 is 11.6 Å². The van der Waals surface area contributed by atoms with Crippen molar-refractivity contribution in [3.8, 4) is 11.5 Å². The molecule has 28 heavy (non-hydrogen) atoms. The molecule has 0 radical (unpaired) electrons. The molecule has 0 bridgehead atoms. The Balaban J connectivity index is 2.04. The van der Waals surface area contributed by atoms with E-state index in [-0.39, 0.29) is 0 Å². The first kappa shape index (κ1) is 19.2. The normalized spacial score (nSPS) is 10.4. The minimum Gasteiger partial charge on any atom is -0.493 e. The Kier molecular flexibility index (Phi) is 5.49. The van der Waals surface area contributed by atoms with E-state index in [1.54, 1.807) is 18.2 Å². The molecule has 1 heterocycles. The number of hydrogen-bond donors (Lipinski definition) is 0. The van der Waals surface area contributed by atoms with Crippen molar-refractivity contribution in [1.29, 1.82) is 0 Å². The van der Waals surface area contributed by atoms with E-state index in [0.29, 0.717) is 22.8 Å². The molecule has 0 aliphatic carbocycles. The van der Waals surface area contributed by atoms with Crippen molar-refractivity contribution in [3.63, 3.8) is 0 Å². The third kappa shape index (κ3) is 4.06. The molecule has 0 fully saturated rings. The summed E-state index contributed by atoms with van der Waals surface area (Å²) in [4.78, 5) is 25.8. The number of hydrogen-bond acceptors (Lipinski definition) is 6. The van der Waals surface area contributed by atoms with Gasteiger partial charge in [0, 0.05) is 36.3 Å². The van der Waals surface area contributed by atoms with Gasteiger partial charge in [-0.1, -0.05) is 17.7 Å². The van der Waals surface area contributed by atoms with E-state index in [0.717, 1.165) is 16.6 Å². The van der Waals surface area contributed by atoms with Crippen LogP contribution in [0.1, 0.15) is 13.8 Å². The summed E-state index contributed by atoms with van der Waals surface area (Å²) >= 11 is 0. The van der Waals surface area contributed by atoms with E-state index >= 15 is 0 Å². The molecule has 0 aliphatic heterocycles. The van der Waals surface area contributed by atoms with Crippen LogP contribution in [0.4, 0.5) is 11.4 Å². The fourth-order valence-corrected chi connectivity index (χ4v) is 2.84. The van der Waals surface area contributed by atoms with Crippen molar-refractivity contribution in [3.05, 3.63) is 70.6 Å². The number of benzene rings is 2. The van der Waals surface area contributed by atoms with Crippen molar-refractivity contribution in [2.75, 3.05) is 19.1 Å². The fraction of sp³-hybridized carbons (Fsp3) is 0.182. The first-order valence-corrected chi connectivity index (χ1v) is 8.70. The maximum absolute atomic E-state index is 12.0. The van der Waals surface area contributed by atoms with Crippen LogP contribution < -0.4 is 20.0 Å². The minimum atomic E-state index is -0.482. The molecule has 3 aromatic rings. The van der Waals surface area contributed by atoms with Crippen LogP contribution in [-0.4, -0.2) is 20.1 Å². The lowest BCUT2D eigenvalue weighted by atomic mass is 10.1. The van der Waals surface area contributed by atoms with Crippen LogP contribution in [0.2, 0.25) is 0 Å². The maximum Gasteiger partial charge on any atom is 0.338 e. The van der Waals surface area contributed by atoms with Crippen LogP contribution in [0.25, 0.3) is 11.0 Å². The Labute approximate surface area is 162 Å². The van der Waals surface area contributed by atoms with Gasteiger partial charge >= 0.3 is 11.6 Å². The second kappa shape index (κ2) is 8.00. The molecule has 0 aliphatic rings. The van der Waals surface area contributed by atoms with Crippen molar-refractivity contribution < 1.29 is 18.7 Å². The Morgan fingerprint density at radius 1 is 1.07 bits per heavy atom. The van der Waals surface area contributed by atoms with E-state index in [2.05, 4.69) is 0 Å². The van der Waals surface area contributed by atoms with Gasteiger partial charge in [-0.3, -0.25) is 0 Å². The Hall–Kier alpha value is -3.54. The van der Waals surface area contributed by atoms with Gasteiger partial charge in [-0.25, -0.2) is 9.59 Å². The molecule has 0 N–H and O–H groups in total. The smallest absolute Gasteiger partial charge is 0.338 e. The zero-order valence-corrected chi connectivity index (χ0v) is 16.2. The van der Waals surface area contributed by atoms with E-state index in [9.17, 15) is 9.59 Å². The molecule has 144 valence electrons. The number of ether oxygens (including phenoxy) is 2. The molecular formula is C22H21NO5. The first-order chi connectivity index (χ1) is 13.4. The topological polar surface area (TPSA) is 69.0 Å². The lowest BCUT2D eigenvalue weighted by Crippen LogP contribution is -2.13. The lowest BCUT2D eigenvalue weighted by molar-refractivity contribution is -0.129. The van der Waals surface area contributed by atoms with Gasteiger partial charge in [-0.05, 0) is 38.1 Å². The van der Waals surface area contributed by atoms with Gasteiger partial charge in [0.25, 0.3) is 0 Å². The average molecular weight is 379 g/mol. The SMILES string of the molecule is COc1ccc(N(C)c2cc(=O)oc3ccccc23)cc1OC(=O)C=C(C)C. The largest absolute Gasteiger partial charge is 0.493 e. The average Bonchev–Trinajstić information content (AvgIpc) is 2.66. The molecule has 0 amide bonds. The molecule has 3 rings (SSSR count). The van der Waals surface area contributed by atoms with Crippen molar-refractivity contribution in [2.24, 2.45) is 0 Å². The molecule has 0 atom stereocenters. The highest BCUT2D eigenvalue weighted by Crippen LogP contribution is 2.36.